The Kier molecular flexibility index (Phi) is 12.1. The van der Waals surface area contributed by atoms with Crippen molar-refractivity contribution < 1.29 is 9.59 Å². The summed E-state index contributed by atoms with van der Waals surface area (Å²) in [5.41, 5.74) is 3.26. The Hall–Kier alpha value is -3.35. The van der Waals surface area contributed by atoms with Gasteiger partial charge in [0.05, 0.1) is 0 Å². The van der Waals surface area contributed by atoms with Gasteiger partial charge in [-0.1, -0.05) is 85.8 Å². The molecule has 230 valence electrons. The molecule has 5 rings (SSSR count). The zero-order valence-electron chi connectivity index (χ0n) is 25.6. The molecule has 6 nitrogen and oxygen atoms in total. The fourth-order valence-electron chi connectivity index (χ4n) is 6.98. The number of hydrogen-bond acceptors (Lipinski definition) is 3. The molecule has 0 bridgehead atoms. The van der Waals surface area contributed by atoms with E-state index in [1.807, 2.05) is 60.5 Å². The molecule has 2 aliphatic rings. The van der Waals surface area contributed by atoms with Gasteiger partial charge in [-0.05, 0) is 67.2 Å². The van der Waals surface area contributed by atoms with E-state index in [-0.39, 0.29) is 36.4 Å². The third-order valence-electron chi connectivity index (χ3n) is 9.29. The third-order valence-corrected chi connectivity index (χ3v) is 9.29. The molecule has 3 amide bonds. The van der Waals surface area contributed by atoms with Gasteiger partial charge >= 0.3 is 6.03 Å². The number of nitrogens with one attached hydrogen (secondary N) is 1. The maximum atomic E-state index is 13.3. The number of likely N-dealkylation sites (tertiary alicyclic amines) is 1. The van der Waals surface area contributed by atoms with Crippen molar-refractivity contribution in [2.45, 2.75) is 63.6 Å². The fraction of sp³-hybridized carbons (Fsp3) is 0.444. The molecule has 0 spiro atoms. The van der Waals surface area contributed by atoms with E-state index >= 15 is 0 Å². The van der Waals surface area contributed by atoms with Crippen molar-refractivity contribution in [3.05, 3.63) is 108 Å². The van der Waals surface area contributed by atoms with Gasteiger partial charge in [0.2, 0.25) is 0 Å². The minimum absolute atomic E-state index is 0. The first-order valence-corrected chi connectivity index (χ1v) is 15.7. The summed E-state index contributed by atoms with van der Waals surface area (Å²) in [7, 11) is 1.97. The van der Waals surface area contributed by atoms with E-state index in [4.69, 9.17) is 0 Å². The lowest BCUT2D eigenvalue weighted by atomic mass is 9.88. The molecule has 1 saturated carbocycles. The normalized spacial score (nSPS) is 20.7. The third kappa shape index (κ3) is 8.39. The highest BCUT2D eigenvalue weighted by atomic mass is 35.5. The molecule has 1 aliphatic carbocycles. The summed E-state index contributed by atoms with van der Waals surface area (Å²) in [4.78, 5) is 33.1. The minimum Gasteiger partial charge on any atom is -0.339 e. The number of halogens is 1. The topological polar surface area (TPSA) is 55.9 Å². The predicted molar refractivity (Wildman–Crippen MR) is 177 cm³/mol. The predicted octanol–water partition coefficient (Wildman–Crippen LogP) is 6.83. The second-order valence-corrected chi connectivity index (χ2v) is 12.1. The van der Waals surface area contributed by atoms with Crippen molar-refractivity contribution >= 4 is 24.3 Å². The average molecular weight is 603 g/mol. The summed E-state index contributed by atoms with van der Waals surface area (Å²) in [5.74, 6) is 1.02. The number of nitrogens with zero attached hydrogens (tertiary/aromatic N) is 3. The van der Waals surface area contributed by atoms with Crippen LogP contribution in [-0.4, -0.2) is 71.9 Å². The van der Waals surface area contributed by atoms with Crippen LogP contribution >= 0.6 is 12.4 Å². The van der Waals surface area contributed by atoms with Crippen molar-refractivity contribution in [2.24, 2.45) is 5.92 Å². The van der Waals surface area contributed by atoms with Gasteiger partial charge in [-0.3, -0.25) is 4.79 Å². The maximum absolute atomic E-state index is 13.3. The van der Waals surface area contributed by atoms with Crippen LogP contribution in [0.5, 0.6) is 0 Å². The maximum Gasteiger partial charge on any atom is 0.317 e. The minimum atomic E-state index is 0. The van der Waals surface area contributed by atoms with Gasteiger partial charge in [-0.2, -0.15) is 0 Å². The smallest absolute Gasteiger partial charge is 0.317 e. The Morgan fingerprint density at radius 1 is 0.837 bits per heavy atom. The SMILES string of the molecule is CCCN(C(=O)NCc1ccccc1)C1CCN(CC2CC(N(C)C(=O)c3ccccc3)CC2c2ccccc2)CC1.Cl. The van der Waals surface area contributed by atoms with Gasteiger partial charge in [0.25, 0.3) is 5.91 Å². The number of hydrogen-bond donors (Lipinski definition) is 1. The van der Waals surface area contributed by atoms with E-state index in [0.717, 1.165) is 69.4 Å². The monoisotopic (exact) mass is 602 g/mol. The van der Waals surface area contributed by atoms with Crippen molar-refractivity contribution in [2.75, 3.05) is 33.2 Å². The number of benzene rings is 3. The van der Waals surface area contributed by atoms with Crippen LogP contribution in [0.4, 0.5) is 4.79 Å². The molecule has 0 radical (unpaired) electrons. The Morgan fingerprint density at radius 2 is 1.44 bits per heavy atom. The molecule has 2 fully saturated rings. The van der Waals surface area contributed by atoms with Crippen molar-refractivity contribution in [3.8, 4) is 0 Å². The van der Waals surface area contributed by atoms with Crippen LogP contribution in [0.15, 0.2) is 91.0 Å². The second-order valence-electron chi connectivity index (χ2n) is 12.1. The van der Waals surface area contributed by atoms with Crippen LogP contribution in [0.3, 0.4) is 0 Å². The molecule has 1 aliphatic heterocycles. The molecule has 3 aromatic rings. The molecular weight excluding hydrogens is 556 g/mol. The summed E-state index contributed by atoms with van der Waals surface area (Å²) in [6.07, 6.45) is 4.95. The standard InChI is InChI=1S/C36H46N4O2.ClH/c1-3-21-40(36(42)37-26-28-13-7-4-8-14-28)32-19-22-39(23-20-32)27-31-24-33(25-34(31)29-15-9-5-10-16-29)38(2)35(41)30-17-11-6-12-18-30;/h4-18,31-34H,3,19-27H2,1-2H3,(H,37,42);1H. The largest absolute Gasteiger partial charge is 0.339 e. The molecular formula is C36H47ClN4O2. The molecule has 1 saturated heterocycles. The number of amides is 3. The summed E-state index contributed by atoms with van der Waals surface area (Å²) in [5, 5.41) is 3.15. The molecule has 43 heavy (non-hydrogen) atoms. The first kappa shape index (κ1) is 32.6. The van der Waals surface area contributed by atoms with Crippen molar-refractivity contribution in [1.29, 1.82) is 0 Å². The first-order valence-electron chi connectivity index (χ1n) is 15.7. The quantitative estimate of drug-likeness (QED) is 0.277. The molecule has 3 aromatic carbocycles. The lowest BCUT2D eigenvalue weighted by Crippen LogP contribution is -2.51. The highest BCUT2D eigenvalue weighted by molar-refractivity contribution is 5.94. The van der Waals surface area contributed by atoms with Gasteiger partial charge in [0.15, 0.2) is 0 Å². The van der Waals surface area contributed by atoms with Gasteiger partial charge in [0, 0.05) is 57.4 Å². The number of carbonyl (C=O) groups is 2. The number of rotatable bonds is 10. The van der Waals surface area contributed by atoms with E-state index in [9.17, 15) is 9.59 Å². The van der Waals surface area contributed by atoms with Crippen LogP contribution in [0.25, 0.3) is 0 Å². The van der Waals surface area contributed by atoms with Crippen LogP contribution in [0.1, 0.15) is 66.4 Å². The molecule has 3 unspecified atom stereocenters. The van der Waals surface area contributed by atoms with E-state index in [0.29, 0.717) is 18.4 Å². The van der Waals surface area contributed by atoms with E-state index < -0.39 is 0 Å². The Labute approximate surface area is 263 Å². The summed E-state index contributed by atoms with van der Waals surface area (Å²) in [6.45, 7) is 6.52. The summed E-state index contributed by atoms with van der Waals surface area (Å²) < 4.78 is 0. The van der Waals surface area contributed by atoms with Crippen LogP contribution < -0.4 is 5.32 Å². The Morgan fingerprint density at radius 3 is 2.07 bits per heavy atom. The van der Waals surface area contributed by atoms with Gasteiger partial charge in [-0.15, -0.1) is 12.4 Å². The van der Waals surface area contributed by atoms with E-state index in [2.05, 4.69) is 64.5 Å². The number of carbonyl (C=O) groups excluding carboxylic acids is 2. The van der Waals surface area contributed by atoms with E-state index in [1.165, 1.54) is 5.56 Å². The summed E-state index contributed by atoms with van der Waals surface area (Å²) in [6, 6.07) is 31.2. The lowest BCUT2D eigenvalue weighted by molar-refractivity contribution is 0.0726. The van der Waals surface area contributed by atoms with Crippen molar-refractivity contribution in [1.82, 2.24) is 20.0 Å². The van der Waals surface area contributed by atoms with Crippen LogP contribution in [0.2, 0.25) is 0 Å². The highest BCUT2D eigenvalue weighted by Gasteiger charge is 2.40. The van der Waals surface area contributed by atoms with Crippen LogP contribution in [-0.2, 0) is 6.54 Å². The molecule has 1 heterocycles. The molecule has 7 heteroatoms. The van der Waals surface area contributed by atoms with Crippen LogP contribution in [0, 0.1) is 5.92 Å². The van der Waals surface area contributed by atoms with Gasteiger partial charge in [-0.25, -0.2) is 4.79 Å². The molecule has 1 N–H and O–H groups in total. The molecule has 0 aromatic heterocycles. The average Bonchev–Trinajstić information content (AvgIpc) is 3.47. The van der Waals surface area contributed by atoms with Crippen molar-refractivity contribution in [3.63, 3.8) is 0 Å². The zero-order chi connectivity index (χ0) is 29.3. The molecule has 3 atom stereocenters. The lowest BCUT2D eigenvalue weighted by Gasteiger charge is -2.39. The van der Waals surface area contributed by atoms with Gasteiger partial charge in [0.1, 0.15) is 0 Å². The fourth-order valence-corrected chi connectivity index (χ4v) is 6.98. The van der Waals surface area contributed by atoms with Gasteiger partial charge < -0.3 is 20.0 Å². The number of urea groups is 1. The summed E-state index contributed by atoms with van der Waals surface area (Å²) >= 11 is 0. The second kappa shape index (κ2) is 15.9. The highest BCUT2D eigenvalue weighted by Crippen LogP contribution is 2.42. The first-order chi connectivity index (χ1) is 20.5. The Balaban J connectivity index is 0.00000423. The Bertz CT molecular complexity index is 1270. The zero-order valence-corrected chi connectivity index (χ0v) is 26.4. The number of piperidine rings is 1. The van der Waals surface area contributed by atoms with E-state index in [1.54, 1.807) is 0 Å².